The van der Waals surface area contributed by atoms with Gasteiger partial charge in [-0.3, -0.25) is 4.79 Å². The summed E-state index contributed by atoms with van der Waals surface area (Å²) in [6.07, 6.45) is 2.89. The molecule has 17 heavy (non-hydrogen) atoms. The molecule has 0 aliphatic heterocycles. The van der Waals surface area contributed by atoms with E-state index in [2.05, 4.69) is 16.5 Å². The second-order valence-electron chi connectivity index (χ2n) is 3.59. The molecular formula is C11H14N2O4. The van der Waals surface area contributed by atoms with Crippen molar-refractivity contribution in [1.29, 1.82) is 0 Å². The molecule has 0 spiro atoms. The summed E-state index contributed by atoms with van der Waals surface area (Å²) in [6.45, 7) is 3.36. The molecule has 0 aliphatic rings. The van der Waals surface area contributed by atoms with Crippen LogP contribution in [0.2, 0.25) is 0 Å². The van der Waals surface area contributed by atoms with Crippen LogP contribution < -0.4 is 0 Å². The number of rotatable bonds is 6. The maximum atomic E-state index is 11.1. The number of hydrogen-bond acceptors (Lipinski definition) is 5. The molecule has 0 aliphatic carbocycles. The van der Waals surface area contributed by atoms with Crippen molar-refractivity contribution in [2.45, 2.75) is 24.5 Å². The summed E-state index contributed by atoms with van der Waals surface area (Å²) in [7, 11) is 0. The average Bonchev–Trinajstić information content (AvgIpc) is 2.29. The molecule has 0 bridgehead atoms. The van der Waals surface area contributed by atoms with Gasteiger partial charge in [-0.05, 0) is 0 Å². The Kier molecular flexibility index (Phi) is 4.74. The first-order valence-corrected chi connectivity index (χ1v) is 5.02. The average molecular weight is 238 g/mol. The topological polar surface area (TPSA) is 104 Å². The molecule has 6 heteroatoms. The minimum Gasteiger partial charge on any atom is -0.481 e. The number of nitrogens with zero attached hydrogens (tertiary/aromatic N) is 2. The summed E-state index contributed by atoms with van der Waals surface area (Å²) in [4.78, 5) is 18.5. The van der Waals surface area contributed by atoms with Crippen molar-refractivity contribution in [3.05, 3.63) is 36.9 Å². The number of hydrogen-bond donors (Lipinski definition) is 3. The molecule has 0 saturated heterocycles. The molecule has 6 nitrogen and oxygen atoms in total. The normalized spacial score (nSPS) is 15.9. The molecule has 92 valence electrons. The largest absolute Gasteiger partial charge is 0.481 e. The van der Waals surface area contributed by atoms with E-state index in [0.29, 0.717) is 5.56 Å². The third-order valence-corrected chi connectivity index (χ3v) is 2.35. The van der Waals surface area contributed by atoms with Crippen LogP contribution in [0.1, 0.15) is 17.9 Å². The van der Waals surface area contributed by atoms with Gasteiger partial charge in [-0.25, -0.2) is 9.97 Å². The van der Waals surface area contributed by atoms with Gasteiger partial charge in [-0.2, -0.15) is 0 Å². The third-order valence-electron chi connectivity index (χ3n) is 2.35. The molecule has 1 heterocycles. The predicted molar refractivity (Wildman–Crippen MR) is 59.2 cm³/mol. The van der Waals surface area contributed by atoms with Gasteiger partial charge in [0, 0.05) is 24.4 Å². The first-order valence-electron chi connectivity index (χ1n) is 5.02. The summed E-state index contributed by atoms with van der Waals surface area (Å²) < 4.78 is 0. The van der Waals surface area contributed by atoms with Crippen LogP contribution in [0.4, 0.5) is 0 Å². The molecule has 3 atom stereocenters. The zero-order valence-corrected chi connectivity index (χ0v) is 9.10. The maximum Gasteiger partial charge on any atom is 0.313 e. The van der Waals surface area contributed by atoms with Gasteiger partial charge in [0.1, 0.15) is 12.2 Å². The highest BCUT2D eigenvalue weighted by Gasteiger charge is 2.29. The highest BCUT2D eigenvalue weighted by molar-refractivity contribution is 5.76. The van der Waals surface area contributed by atoms with E-state index in [4.69, 9.17) is 5.11 Å². The molecule has 1 rings (SSSR count). The van der Waals surface area contributed by atoms with Gasteiger partial charge in [0.05, 0.1) is 12.2 Å². The van der Waals surface area contributed by atoms with Crippen molar-refractivity contribution in [1.82, 2.24) is 9.97 Å². The van der Waals surface area contributed by atoms with Crippen molar-refractivity contribution in [2.24, 2.45) is 0 Å². The molecule has 0 saturated carbocycles. The van der Waals surface area contributed by atoms with E-state index in [0.717, 1.165) is 0 Å². The summed E-state index contributed by atoms with van der Waals surface area (Å²) in [5.41, 5.74) is 0.295. The Hall–Kier alpha value is -1.79. The van der Waals surface area contributed by atoms with Crippen LogP contribution in [-0.2, 0) is 4.79 Å². The number of carboxylic acid groups (broad SMARTS) is 1. The number of carboxylic acids is 1. The molecule has 0 fully saturated rings. The van der Waals surface area contributed by atoms with E-state index in [1.807, 2.05) is 0 Å². The van der Waals surface area contributed by atoms with Crippen molar-refractivity contribution >= 4 is 5.97 Å². The van der Waals surface area contributed by atoms with Crippen LogP contribution in [-0.4, -0.2) is 43.5 Å². The highest BCUT2D eigenvalue weighted by atomic mass is 16.4. The quantitative estimate of drug-likeness (QED) is 0.600. The van der Waals surface area contributed by atoms with Crippen LogP contribution in [0.5, 0.6) is 0 Å². The standard InChI is InChI=1S/C11H14N2O4/c1-2-8(14)3-9(15)10(11(16)17)7-4-12-6-13-5-7/h2,4-6,8-10,14-15H,1,3H2,(H,16,17). The number of aliphatic carboxylic acids is 1. The fraction of sp³-hybridized carbons (Fsp3) is 0.364. The van der Waals surface area contributed by atoms with Crippen molar-refractivity contribution < 1.29 is 20.1 Å². The fourth-order valence-electron chi connectivity index (χ4n) is 1.48. The lowest BCUT2D eigenvalue weighted by Gasteiger charge is -2.20. The first kappa shape index (κ1) is 13.3. The Bertz CT molecular complexity index is 382. The zero-order valence-electron chi connectivity index (χ0n) is 9.10. The monoisotopic (exact) mass is 238 g/mol. The Balaban J connectivity index is 2.87. The summed E-state index contributed by atoms with van der Waals surface area (Å²) in [5, 5.41) is 28.2. The second kappa shape index (κ2) is 6.07. The molecule has 1 aromatic rings. The molecule has 3 unspecified atom stereocenters. The van der Waals surface area contributed by atoms with Gasteiger partial charge in [-0.1, -0.05) is 6.08 Å². The summed E-state index contributed by atoms with van der Waals surface area (Å²) in [5.74, 6) is -2.35. The Morgan fingerprint density at radius 1 is 1.41 bits per heavy atom. The van der Waals surface area contributed by atoms with Gasteiger partial charge in [0.2, 0.25) is 0 Å². The molecule has 0 radical (unpaired) electrons. The lowest BCUT2D eigenvalue weighted by atomic mass is 9.92. The van der Waals surface area contributed by atoms with Gasteiger partial charge >= 0.3 is 5.97 Å². The van der Waals surface area contributed by atoms with Gasteiger partial charge in [-0.15, -0.1) is 6.58 Å². The smallest absolute Gasteiger partial charge is 0.313 e. The van der Waals surface area contributed by atoms with Crippen molar-refractivity contribution in [2.75, 3.05) is 0 Å². The van der Waals surface area contributed by atoms with Crippen LogP contribution in [0.25, 0.3) is 0 Å². The Morgan fingerprint density at radius 2 is 2.00 bits per heavy atom. The number of aromatic nitrogens is 2. The molecule has 3 N–H and O–H groups in total. The van der Waals surface area contributed by atoms with Crippen LogP contribution in [0, 0.1) is 0 Å². The second-order valence-corrected chi connectivity index (χ2v) is 3.59. The molecule has 0 aromatic carbocycles. The van der Waals surface area contributed by atoms with Crippen molar-refractivity contribution in [3.63, 3.8) is 0 Å². The van der Waals surface area contributed by atoms with Crippen molar-refractivity contribution in [3.8, 4) is 0 Å². The number of aliphatic hydroxyl groups excluding tert-OH is 2. The SMILES string of the molecule is C=CC(O)CC(O)C(C(=O)O)c1cncnc1. The summed E-state index contributed by atoms with van der Waals surface area (Å²) >= 11 is 0. The van der Waals surface area contributed by atoms with Crippen LogP contribution in [0.3, 0.4) is 0 Å². The molecule has 1 aromatic heterocycles. The predicted octanol–water partition coefficient (Wildman–Crippen LogP) is -0.0573. The van der Waals surface area contributed by atoms with Gasteiger partial charge < -0.3 is 15.3 Å². The third kappa shape index (κ3) is 3.61. The van der Waals surface area contributed by atoms with E-state index in [-0.39, 0.29) is 6.42 Å². The Labute approximate surface area is 98.3 Å². The highest BCUT2D eigenvalue weighted by Crippen LogP contribution is 2.22. The minimum absolute atomic E-state index is 0.102. The summed E-state index contributed by atoms with van der Waals surface area (Å²) in [6, 6.07) is 0. The van der Waals surface area contributed by atoms with Gasteiger partial charge in [0.15, 0.2) is 0 Å². The first-order chi connectivity index (χ1) is 8.06. The lowest BCUT2D eigenvalue weighted by Crippen LogP contribution is -2.29. The van der Waals surface area contributed by atoms with Gasteiger partial charge in [0.25, 0.3) is 0 Å². The lowest BCUT2D eigenvalue weighted by molar-refractivity contribution is -0.142. The van der Waals surface area contributed by atoms with Crippen LogP contribution >= 0.6 is 0 Å². The zero-order chi connectivity index (χ0) is 12.8. The number of aliphatic hydroxyl groups is 2. The molecular weight excluding hydrogens is 224 g/mol. The number of carbonyl (C=O) groups is 1. The fourth-order valence-corrected chi connectivity index (χ4v) is 1.48. The van der Waals surface area contributed by atoms with E-state index in [1.54, 1.807) is 0 Å². The van der Waals surface area contributed by atoms with Crippen LogP contribution in [0.15, 0.2) is 31.4 Å². The van der Waals surface area contributed by atoms with E-state index in [1.165, 1.54) is 24.8 Å². The molecule has 0 amide bonds. The maximum absolute atomic E-state index is 11.1. The Morgan fingerprint density at radius 3 is 2.47 bits per heavy atom. The van der Waals surface area contributed by atoms with E-state index in [9.17, 15) is 15.0 Å². The van der Waals surface area contributed by atoms with E-state index >= 15 is 0 Å². The van der Waals surface area contributed by atoms with E-state index < -0.39 is 24.1 Å². The minimum atomic E-state index is -1.23.